The van der Waals surface area contributed by atoms with E-state index in [4.69, 9.17) is 27.4 Å². The third kappa shape index (κ3) is 3.90. The molecule has 0 aromatic carbocycles. The number of rotatable bonds is 7. The van der Waals surface area contributed by atoms with E-state index in [1.807, 2.05) is 6.07 Å². The van der Waals surface area contributed by atoms with Gasteiger partial charge in [0, 0.05) is 12.3 Å². The molecule has 0 fully saturated rings. The van der Waals surface area contributed by atoms with Crippen LogP contribution in [0.5, 0.6) is 5.88 Å². The van der Waals surface area contributed by atoms with Crippen LogP contribution in [0, 0.1) is 0 Å². The van der Waals surface area contributed by atoms with E-state index in [1.165, 1.54) is 18.4 Å². The molecule has 1 aromatic heterocycles. The molecule has 1 aliphatic rings. The first-order chi connectivity index (χ1) is 9.72. The summed E-state index contributed by atoms with van der Waals surface area (Å²) in [6.07, 6.45) is 5.46. The van der Waals surface area contributed by atoms with Crippen LogP contribution in [0.2, 0.25) is 0 Å². The highest BCUT2D eigenvalue weighted by Crippen LogP contribution is 2.26. The highest BCUT2D eigenvalue weighted by molar-refractivity contribution is 7.80. The molecule has 0 atom stereocenters. The Morgan fingerprint density at radius 3 is 2.85 bits per heavy atom. The zero-order chi connectivity index (χ0) is 14.4. The Balaban J connectivity index is 2.07. The zero-order valence-corrected chi connectivity index (χ0v) is 12.8. The van der Waals surface area contributed by atoms with Gasteiger partial charge in [-0.1, -0.05) is 19.1 Å². The molecule has 0 spiro atoms. The molecule has 1 heterocycles. The standard InChI is InChI=1S/C15H22N2O2S/c1-2-7-18-8-9-19-15-12(14(16)20)10-11-5-3-4-6-13(11)17-15/h10H,2-9H2,1H3,(H2,16,20). The SMILES string of the molecule is CCCOCCOc1nc2c(cc1C(N)=S)CCCC2. The van der Waals surface area contributed by atoms with Crippen LogP contribution >= 0.6 is 12.2 Å². The summed E-state index contributed by atoms with van der Waals surface area (Å²) < 4.78 is 11.1. The van der Waals surface area contributed by atoms with Crippen molar-refractivity contribution in [2.45, 2.75) is 39.0 Å². The van der Waals surface area contributed by atoms with Crippen LogP contribution in [0.15, 0.2) is 6.07 Å². The number of ether oxygens (including phenoxy) is 2. The van der Waals surface area contributed by atoms with Crippen molar-refractivity contribution in [3.8, 4) is 5.88 Å². The molecule has 2 N–H and O–H groups in total. The van der Waals surface area contributed by atoms with Gasteiger partial charge in [-0.05, 0) is 43.7 Å². The second-order valence-corrected chi connectivity index (χ2v) is 5.42. The molecule has 0 saturated carbocycles. The van der Waals surface area contributed by atoms with Gasteiger partial charge in [0.1, 0.15) is 11.6 Å². The molecular formula is C15H22N2O2S. The molecule has 110 valence electrons. The predicted molar refractivity (Wildman–Crippen MR) is 83.4 cm³/mol. The quantitative estimate of drug-likeness (QED) is 0.618. The molecule has 5 heteroatoms. The van der Waals surface area contributed by atoms with Crippen LogP contribution in [0.1, 0.15) is 43.0 Å². The van der Waals surface area contributed by atoms with Gasteiger partial charge in [-0.2, -0.15) is 0 Å². The first-order valence-electron chi connectivity index (χ1n) is 7.25. The number of pyridine rings is 1. The molecule has 1 aromatic rings. The summed E-state index contributed by atoms with van der Waals surface area (Å²) >= 11 is 5.10. The minimum atomic E-state index is 0.343. The first-order valence-corrected chi connectivity index (χ1v) is 7.66. The van der Waals surface area contributed by atoms with Gasteiger partial charge in [-0.3, -0.25) is 0 Å². The number of aromatic nitrogens is 1. The summed E-state index contributed by atoms with van der Waals surface area (Å²) in [7, 11) is 0. The Bertz CT molecular complexity index is 477. The van der Waals surface area contributed by atoms with Crippen LogP contribution in [-0.4, -0.2) is 29.8 Å². The van der Waals surface area contributed by atoms with E-state index in [0.29, 0.717) is 24.1 Å². The van der Waals surface area contributed by atoms with Crippen LogP contribution < -0.4 is 10.5 Å². The minimum absolute atomic E-state index is 0.343. The van der Waals surface area contributed by atoms with Gasteiger partial charge in [0.25, 0.3) is 0 Å². The topological polar surface area (TPSA) is 57.4 Å². The van der Waals surface area contributed by atoms with E-state index in [-0.39, 0.29) is 0 Å². The largest absolute Gasteiger partial charge is 0.475 e. The Hall–Kier alpha value is -1.20. The van der Waals surface area contributed by atoms with Gasteiger partial charge in [0.05, 0.1) is 12.2 Å². The Kier molecular flexibility index (Phi) is 5.73. The molecule has 2 rings (SSSR count). The summed E-state index contributed by atoms with van der Waals surface area (Å²) in [6, 6.07) is 2.05. The van der Waals surface area contributed by atoms with Crippen LogP contribution in [-0.2, 0) is 17.6 Å². The molecule has 0 radical (unpaired) electrons. The van der Waals surface area contributed by atoms with Crippen molar-refractivity contribution < 1.29 is 9.47 Å². The van der Waals surface area contributed by atoms with E-state index in [9.17, 15) is 0 Å². The molecule has 0 amide bonds. The lowest BCUT2D eigenvalue weighted by molar-refractivity contribution is 0.0988. The maximum Gasteiger partial charge on any atom is 0.224 e. The van der Waals surface area contributed by atoms with Crippen molar-refractivity contribution in [2.24, 2.45) is 5.73 Å². The summed E-state index contributed by atoms with van der Waals surface area (Å²) in [6.45, 7) is 3.87. The monoisotopic (exact) mass is 294 g/mol. The van der Waals surface area contributed by atoms with Gasteiger partial charge in [0.15, 0.2) is 0 Å². The number of nitrogens with two attached hydrogens (primary N) is 1. The van der Waals surface area contributed by atoms with Crippen molar-refractivity contribution in [1.29, 1.82) is 0 Å². The Morgan fingerprint density at radius 1 is 1.30 bits per heavy atom. The lowest BCUT2D eigenvalue weighted by Gasteiger charge is -2.18. The number of thiocarbonyl (C=S) groups is 1. The van der Waals surface area contributed by atoms with Crippen LogP contribution in [0.25, 0.3) is 0 Å². The number of fused-ring (bicyclic) bond motifs is 1. The third-order valence-corrected chi connectivity index (χ3v) is 3.57. The number of nitrogens with zero attached hydrogens (tertiary/aromatic N) is 1. The minimum Gasteiger partial charge on any atom is -0.475 e. The van der Waals surface area contributed by atoms with E-state index in [2.05, 4.69) is 11.9 Å². The molecule has 0 aliphatic heterocycles. The number of aryl methyl sites for hydroxylation is 2. The van der Waals surface area contributed by atoms with Crippen molar-refractivity contribution >= 4 is 17.2 Å². The molecular weight excluding hydrogens is 272 g/mol. The maximum atomic E-state index is 5.78. The third-order valence-electron chi connectivity index (χ3n) is 3.35. The lowest BCUT2D eigenvalue weighted by Crippen LogP contribution is -2.18. The van der Waals surface area contributed by atoms with Crippen molar-refractivity contribution in [1.82, 2.24) is 4.98 Å². The Labute approximate surface area is 125 Å². The van der Waals surface area contributed by atoms with E-state index in [1.54, 1.807) is 0 Å². The molecule has 0 saturated heterocycles. The van der Waals surface area contributed by atoms with E-state index in [0.717, 1.165) is 37.1 Å². The van der Waals surface area contributed by atoms with Gasteiger partial charge >= 0.3 is 0 Å². The number of hydrogen-bond acceptors (Lipinski definition) is 4. The fraction of sp³-hybridized carbons (Fsp3) is 0.600. The molecule has 0 unspecified atom stereocenters. The summed E-state index contributed by atoms with van der Waals surface area (Å²) in [5.74, 6) is 0.554. The summed E-state index contributed by atoms with van der Waals surface area (Å²) in [5.41, 5.74) is 8.91. The van der Waals surface area contributed by atoms with E-state index < -0.39 is 0 Å². The smallest absolute Gasteiger partial charge is 0.224 e. The van der Waals surface area contributed by atoms with Gasteiger partial charge in [-0.15, -0.1) is 0 Å². The molecule has 1 aliphatic carbocycles. The second-order valence-electron chi connectivity index (χ2n) is 4.98. The van der Waals surface area contributed by atoms with Gasteiger partial charge in [0.2, 0.25) is 5.88 Å². The van der Waals surface area contributed by atoms with Gasteiger partial charge < -0.3 is 15.2 Å². The van der Waals surface area contributed by atoms with Crippen molar-refractivity contribution in [3.63, 3.8) is 0 Å². The normalized spacial score (nSPS) is 13.8. The lowest BCUT2D eigenvalue weighted by atomic mass is 9.95. The average Bonchev–Trinajstić information content (AvgIpc) is 2.46. The maximum absolute atomic E-state index is 5.78. The fourth-order valence-corrected chi connectivity index (χ4v) is 2.49. The summed E-state index contributed by atoms with van der Waals surface area (Å²) in [4.78, 5) is 4.95. The van der Waals surface area contributed by atoms with Crippen LogP contribution in [0.4, 0.5) is 0 Å². The second kappa shape index (κ2) is 7.55. The number of hydrogen-bond donors (Lipinski definition) is 1. The first kappa shape index (κ1) is 15.2. The van der Waals surface area contributed by atoms with Crippen molar-refractivity contribution in [3.05, 3.63) is 22.9 Å². The molecule has 4 nitrogen and oxygen atoms in total. The summed E-state index contributed by atoms with van der Waals surface area (Å²) in [5, 5.41) is 0. The predicted octanol–water partition coefficient (Wildman–Crippen LogP) is 2.40. The fourth-order valence-electron chi connectivity index (χ4n) is 2.34. The molecule has 0 bridgehead atoms. The van der Waals surface area contributed by atoms with E-state index >= 15 is 0 Å². The van der Waals surface area contributed by atoms with Gasteiger partial charge in [-0.25, -0.2) is 4.98 Å². The average molecular weight is 294 g/mol. The van der Waals surface area contributed by atoms with Crippen LogP contribution in [0.3, 0.4) is 0 Å². The zero-order valence-electron chi connectivity index (χ0n) is 12.0. The highest BCUT2D eigenvalue weighted by Gasteiger charge is 2.17. The Morgan fingerprint density at radius 2 is 2.10 bits per heavy atom. The highest BCUT2D eigenvalue weighted by atomic mass is 32.1. The molecule has 20 heavy (non-hydrogen) atoms. The van der Waals surface area contributed by atoms with Crippen molar-refractivity contribution in [2.75, 3.05) is 19.8 Å².